The molecule has 0 unspecified atom stereocenters. The Morgan fingerprint density at radius 2 is 1.75 bits per heavy atom. The van der Waals surface area contributed by atoms with Gasteiger partial charge in [0.15, 0.2) is 5.11 Å². The third-order valence-electron chi connectivity index (χ3n) is 5.35. The molecule has 8 heteroatoms. The molecule has 0 bridgehead atoms. The molecular formula is C28H21N3O3S2. The van der Waals surface area contributed by atoms with Crippen molar-refractivity contribution in [3.05, 3.63) is 108 Å². The van der Waals surface area contributed by atoms with Gasteiger partial charge >= 0.3 is 0 Å². The van der Waals surface area contributed by atoms with Crippen molar-refractivity contribution in [2.75, 3.05) is 5.32 Å². The summed E-state index contributed by atoms with van der Waals surface area (Å²) in [5, 5.41) is 17.0. The predicted molar refractivity (Wildman–Crippen MR) is 148 cm³/mol. The number of ether oxygens (including phenoxy) is 1. The van der Waals surface area contributed by atoms with Crippen LogP contribution in [0, 0.1) is 0 Å². The fourth-order valence-electron chi connectivity index (χ4n) is 3.58. The van der Waals surface area contributed by atoms with Gasteiger partial charge in [-0.1, -0.05) is 48.5 Å². The van der Waals surface area contributed by atoms with E-state index < -0.39 is 0 Å². The number of benzene rings is 4. The molecule has 0 aliphatic heterocycles. The third kappa shape index (κ3) is 5.51. The van der Waals surface area contributed by atoms with Gasteiger partial charge in [-0.15, -0.1) is 11.3 Å². The van der Waals surface area contributed by atoms with E-state index in [1.807, 2.05) is 54.6 Å². The number of carbonyl (C=O) groups excluding carboxylic acids is 1. The molecule has 3 N–H and O–H groups in total. The van der Waals surface area contributed by atoms with E-state index in [-0.39, 0.29) is 16.8 Å². The molecule has 0 atom stereocenters. The second-order valence-electron chi connectivity index (χ2n) is 7.93. The number of hydrogen-bond acceptors (Lipinski definition) is 6. The largest absolute Gasteiger partial charge is 0.507 e. The van der Waals surface area contributed by atoms with E-state index in [0.29, 0.717) is 29.2 Å². The van der Waals surface area contributed by atoms with Crippen molar-refractivity contribution in [3.63, 3.8) is 0 Å². The summed E-state index contributed by atoms with van der Waals surface area (Å²) in [5.41, 5.74) is 3.51. The zero-order valence-corrected chi connectivity index (χ0v) is 20.6. The monoisotopic (exact) mass is 511 g/mol. The molecule has 1 aromatic heterocycles. The SMILES string of the molecule is O=C(NC(=S)Nc1ccc(-c2nc3ccccc3s2)c(O)c1)c1cccc(OCc2ccccc2)c1. The van der Waals surface area contributed by atoms with Crippen LogP contribution in [0.2, 0.25) is 0 Å². The molecular weight excluding hydrogens is 490 g/mol. The number of thiazole rings is 1. The van der Waals surface area contributed by atoms with E-state index in [9.17, 15) is 9.90 Å². The Hall–Kier alpha value is -4.27. The molecule has 6 nitrogen and oxygen atoms in total. The number of rotatable bonds is 6. The number of nitrogens with one attached hydrogen (secondary N) is 2. The normalized spacial score (nSPS) is 10.7. The Labute approximate surface area is 217 Å². The van der Waals surface area contributed by atoms with Crippen LogP contribution in [-0.4, -0.2) is 21.1 Å². The van der Waals surface area contributed by atoms with Gasteiger partial charge in [0.2, 0.25) is 0 Å². The van der Waals surface area contributed by atoms with E-state index >= 15 is 0 Å². The lowest BCUT2D eigenvalue weighted by atomic mass is 10.2. The summed E-state index contributed by atoms with van der Waals surface area (Å²) in [5.74, 6) is 0.283. The average Bonchev–Trinajstić information content (AvgIpc) is 3.32. The van der Waals surface area contributed by atoms with Gasteiger partial charge < -0.3 is 15.2 Å². The number of para-hydroxylation sites is 1. The highest BCUT2D eigenvalue weighted by atomic mass is 32.1. The standard InChI is InChI=1S/C28H21N3O3S2/c32-24-16-20(13-14-22(24)27-30-23-11-4-5-12-25(23)36-27)29-28(35)31-26(33)19-9-6-10-21(15-19)34-17-18-7-2-1-3-8-18/h1-16,32H,17H2,(H2,29,31,33,35). The van der Waals surface area contributed by atoms with Crippen molar-refractivity contribution in [2.24, 2.45) is 0 Å². The second-order valence-corrected chi connectivity index (χ2v) is 9.37. The van der Waals surface area contributed by atoms with Crippen LogP contribution in [0.25, 0.3) is 20.8 Å². The van der Waals surface area contributed by atoms with Crippen LogP contribution in [0.15, 0.2) is 97.1 Å². The molecule has 5 aromatic rings. The number of thiocarbonyl (C=S) groups is 1. The first-order valence-corrected chi connectivity index (χ1v) is 12.4. The molecule has 0 saturated carbocycles. The predicted octanol–water partition coefficient (Wildman–Crippen LogP) is 6.37. The van der Waals surface area contributed by atoms with Crippen molar-refractivity contribution < 1.29 is 14.6 Å². The topological polar surface area (TPSA) is 83.5 Å². The molecule has 0 saturated heterocycles. The fourth-order valence-corrected chi connectivity index (χ4v) is 4.79. The van der Waals surface area contributed by atoms with Crippen molar-refractivity contribution >= 4 is 50.5 Å². The fraction of sp³-hybridized carbons (Fsp3) is 0.0357. The molecule has 4 aromatic carbocycles. The van der Waals surface area contributed by atoms with Crippen molar-refractivity contribution in [3.8, 4) is 22.1 Å². The Bertz CT molecular complexity index is 1520. The van der Waals surface area contributed by atoms with Gasteiger partial charge in [-0.2, -0.15) is 0 Å². The number of anilines is 1. The first-order valence-electron chi connectivity index (χ1n) is 11.1. The van der Waals surface area contributed by atoms with E-state index in [0.717, 1.165) is 20.8 Å². The zero-order valence-electron chi connectivity index (χ0n) is 19.0. The van der Waals surface area contributed by atoms with Crippen LogP contribution in [0.3, 0.4) is 0 Å². The Balaban J connectivity index is 1.21. The number of phenolic OH excluding ortho intramolecular Hbond substituents is 1. The summed E-state index contributed by atoms with van der Waals surface area (Å²) < 4.78 is 6.85. The van der Waals surface area contributed by atoms with Crippen LogP contribution < -0.4 is 15.4 Å². The van der Waals surface area contributed by atoms with Gasteiger partial charge in [0.1, 0.15) is 23.1 Å². The number of aromatic hydroxyl groups is 1. The summed E-state index contributed by atoms with van der Waals surface area (Å²) in [6, 6.07) is 29.6. The van der Waals surface area contributed by atoms with Gasteiger partial charge in [0, 0.05) is 17.3 Å². The van der Waals surface area contributed by atoms with E-state index in [1.54, 1.807) is 42.5 Å². The van der Waals surface area contributed by atoms with Crippen LogP contribution in [0.1, 0.15) is 15.9 Å². The lowest BCUT2D eigenvalue weighted by Gasteiger charge is -2.12. The number of carbonyl (C=O) groups is 1. The first-order chi connectivity index (χ1) is 17.5. The summed E-state index contributed by atoms with van der Waals surface area (Å²) >= 11 is 6.82. The van der Waals surface area contributed by atoms with Crippen LogP contribution in [-0.2, 0) is 6.61 Å². The molecule has 0 fully saturated rings. The number of phenols is 1. The Kier molecular flexibility index (Phi) is 6.88. The van der Waals surface area contributed by atoms with Crippen LogP contribution in [0.5, 0.6) is 11.5 Å². The zero-order chi connectivity index (χ0) is 24.9. The van der Waals surface area contributed by atoms with Gasteiger partial charge in [-0.05, 0) is 60.2 Å². The van der Waals surface area contributed by atoms with Crippen molar-refractivity contribution in [1.29, 1.82) is 0 Å². The maximum Gasteiger partial charge on any atom is 0.257 e. The molecule has 1 amide bonds. The minimum absolute atomic E-state index is 0.0662. The number of aromatic nitrogens is 1. The maximum absolute atomic E-state index is 12.7. The molecule has 0 aliphatic carbocycles. The number of amides is 1. The number of hydrogen-bond donors (Lipinski definition) is 3. The Morgan fingerprint density at radius 1 is 0.944 bits per heavy atom. The van der Waals surface area contributed by atoms with Gasteiger partial charge in [-0.25, -0.2) is 4.98 Å². The number of fused-ring (bicyclic) bond motifs is 1. The molecule has 178 valence electrons. The molecule has 0 spiro atoms. The van der Waals surface area contributed by atoms with Crippen molar-refractivity contribution in [2.45, 2.75) is 6.61 Å². The van der Waals surface area contributed by atoms with Crippen molar-refractivity contribution in [1.82, 2.24) is 10.3 Å². The lowest BCUT2D eigenvalue weighted by Crippen LogP contribution is -2.34. The highest BCUT2D eigenvalue weighted by Crippen LogP contribution is 2.36. The summed E-state index contributed by atoms with van der Waals surface area (Å²) in [4.78, 5) is 17.3. The molecule has 5 rings (SSSR count). The summed E-state index contributed by atoms with van der Waals surface area (Å²) in [7, 11) is 0. The smallest absolute Gasteiger partial charge is 0.257 e. The minimum Gasteiger partial charge on any atom is -0.507 e. The molecule has 0 aliphatic rings. The van der Waals surface area contributed by atoms with E-state index in [1.165, 1.54) is 11.3 Å². The lowest BCUT2D eigenvalue weighted by molar-refractivity contribution is 0.0977. The third-order valence-corrected chi connectivity index (χ3v) is 6.63. The highest BCUT2D eigenvalue weighted by molar-refractivity contribution is 7.80. The van der Waals surface area contributed by atoms with Gasteiger partial charge in [-0.3, -0.25) is 10.1 Å². The van der Waals surface area contributed by atoms with E-state index in [2.05, 4.69) is 15.6 Å². The molecule has 1 heterocycles. The second kappa shape index (κ2) is 10.6. The molecule has 36 heavy (non-hydrogen) atoms. The van der Waals surface area contributed by atoms with E-state index in [4.69, 9.17) is 17.0 Å². The summed E-state index contributed by atoms with van der Waals surface area (Å²) in [6.07, 6.45) is 0. The quantitative estimate of drug-likeness (QED) is 0.230. The average molecular weight is 512 g/mol. The first kappa shape index (κ1) is 23.5. The maximum atomic E-state index is 12.7. The van der Waals surface area contributed by atoms with Gasteiger partial charge in [0.25, 0.3) is 5.91 Å². The summed E-state index contributed by atoms with van der Waals surface area (Å²) in [6.45, 7) is 0.405. The van der Waals surface area contributed by atoms with Crippen LogP contribution in [0.4, 0.5) is 5.69 Å². The van der Waals surface area contributed by atoms with Gasteiger partial charge in [0.05, 0.1) is 15.8 Å². The Morgan fingerprint density at radius 3 is 2.56 bits per heavy atom. The molecule has 0 radical (unpaired) electrons. The number of nitrogens with zero attached hydrogens (tertiary/aromatic N) is 1. The minimum atomic E-state index is -0.368. The highest BCUT2D eigenvalue weighted by Gasteiger charge is 2.13. The van der Waals surface area contributed by atoms with Crippen LogP contribution >= 0.6 is 23.6 Å².